The van der Waals surface area contributed by atoms with Gasteiger partial charge < -0.3 is 14.8 Å². The molecular weight excluding hydrogens is 406 g/mol. The minimum absolute atomic E-state index is 0.224. The van der Waals surface area contributed by atoms with E-state index >= 15 is 0 Å². The maximum atomic E-state index is 13.2. The van der Waals surface area contributed by atoms with Crippen molar-refractivity contribution in [3.63, 3.8) is 0 Å². The molecule has 4 rings (SSSR count). The first kappa shape index (κ1) is 20.5. The van der Waals surface area contributed by atoms with Crippen LogP contribution in [0.2, 0.25) is 5.02 Å². The number of hydrogen-bond acceptors (Lipinski definition) is 5. The maximum absolute atomic E-state index is 13.2. The van der Waals surface area contributed by atoms with Gasteiger partial charge in [0, 0.05) is 18.1 Å². The summed E-state index contributed by atoms with van der Waals surface area (Å²) < 4.78 is 10.8. The first-order valence-electron chi connectivity index (χ1n) is 9.72. The van der Waals surface area contributed by atoms with Crippen molar-refractivity contribution in [1.29, 1.82) is 0 Å². The number of imide groups is 1. The summed E-state index contributed by atoms with van der Waals surface area (Å²) in [6, 6.07) is 10.5. The lowest BCUT2D eigenvalue weighted by Crippen LogP contribution is -2.45. The molecule has 0 aliphatic carbocycles. The van der Waals surface area contributed by atoms with Gasteiger partial charge in [-0.15, -0.1) is 0 Å². The Balaban J connectivity index is 1.52. The van der Waals surface area contributed by atoms with Crippen molar-refractivity contribution in [1.82, 2.24) is 15.1 Å². The Labute approximate surface area is 180 Å². The molecule has 7 nitrogen and oxygen atoms in total. The zero-order valence-corrected chi connectivity index (χ0v) is 18.0. The topological polar surface area (TPSA) is 71.1 Å². The first-order chi connectivity index (χ1) is 14.4. The second-order valence-electron chi connectivity index (χ2n) is 7.72. The molecular formula is C22H24ClN3O4. The van der Waals surface area contributed by atoms with E-state index in [9.17, 15) is 9.59 Å². The van der Waals surface area contributed by atoms with Crippen LogP contribution < -0.4 is 14.8 Å². The normalized spacial score (nSPS) is 21.4. The largest absolute Gasteiger partial charge is 0.493 e. The van der Waals surface area contributed by atoms with E-state index in [4.69, 9.17) is 21.1 Å². The molecule has 1 saturated heterocycles. The van der Waals surface area contributed by atoms with Crippen molar-refractivity contribution >= 4 is 23.5 Å². The van der Waals surface area contributed by atoms with E-state index in [-0.39, 0.29) is 12.6 Å². The van der Waals surface area contributed by atoms with E-state index in [0.29, 0.717) is 28.6 Å². The summed E-state index contributed by atoms with van der Waals surface area (Å²) in [6.45, 7) is 3.29. The molecule has 2 aromatic rings. The van der Waals surface area contributed by atoms with Gasteiger partial charge in [-0.2, -0.15) is 0 Å². The fraction of sp³-hybridized carbons (Fsp3) is 0.364. The van der Waals surface area contributed by atoms with Crippen LogP contribution in [0.4, 0.5) is 4.79 Å². The van der Waals surface area contributed by atoms with Gasteiger partial charge in [0.1, 0.15) is 5.54 Å². The molecule has 1 atom stereocenters. The Kier molecular flexibility index (Phi) is 5.34. The molecule has 2 heterocycles. The Morgan fingerprint density at radius 1 is 1.07 bits per heavy atom. The standard InChI is InChI=1S/C22H24ClN3O4/c1-22(16-4-6-17(23)7-5-16)20(27)26(21(28)24-22)13-25-9-8-14-10-18(29-2)19(30-3)11-15(14)12-25/h4-7,10-11H,8-9,12-13H2,1-3H3,(H,24,28)/t22-/m1/s1. The molecule has 3 amide bonds. The lowest BCUT2D eigenvalue weighted by Gasteiger charge is -2.32. The maximum Gasteiger partial charge on any atom is 0.326 e. The van der Waals surface area contributed by atoms with Gasteiger partial charge in [0.05, 0.1) is 20.9 Å². The first-order valence-corrected chi connectivity index (χ1v) is 10.1. The SMILES string of the molecule is COc1cc2c(cc1OC)CN(CN1C(=O)N[C@](C)(c3ccc(Cl)cc3)C1=O)CC2. The molecule has 0 radical (unpaired) electrons. The Morgan fingerprint density at radius 2 is 1.70 bits per heavy atom. The van der Waals surface area contributed by atoms with Crippen molar-refractivity contribution in [2.24, 2.45) is 0 Å². The number of ether oxygens (including phenoxy) is 2. The van der Waals surface area contributed by atoms with Crippen LogP contribution in [0.3, 0.4) is 0 Å². The molecule has 8 heteroatoms. The summed E-state index contributed by atoms with van der Waals surface area (Å²) in [6.07, 6.45) is 0.799. The van der Waals surface area contributed by atoms with Gasteiger partial charge in [-0.3, -0.25) is 9.69 Å². The number of amides is 3. The number of nitrogens with zero attached hydrogens (tertiary/aromatic N) is 2. The Morgan fingerprint density at radius 3 is 2.33 bits per heavy atom. The fourth-order valence-corrected chi connectivity index (χ4v) is 4.19. The molecule has 1 N–H and O–H groups in total. The van der Waals surface area contributed by atoms with Crippen LogP contribution in [0.15, 0.2) is 36.4 Å². The van der Waals surface area contributed by atoms with E-state index in [1.807, 2.05) is 12.1 Å². The van der Waals surface area contributed by atoms with Crippen LogP contribution in [0.1, 0.15) is 23.6 Å². The summed E-state index contributed by atoms with van der Waals surface area (Å²) in [4.78, 5) is 29.2. The number of nitrogens with one attached hydrogen (secondary N) is 1. The van der Waals surface area contributed by atoms with E-state index in [1.165, 1.54) is 10.5 Å². The van der Waals surface area contributed by atoms with Crippen LogP contribution in [0, 0.1) is 0 Å². The van der Waals surface area contributed by atoms with Crippen LogP contribution in [0.5, 0.6) is 11.5 Å². The zero-order chi connectivity index (χ0) is 21.5. The molecule has 0 saturated carbocycles. The van der Waals surface area contributed by atoms with E-state index < -0.39 is 11.6 Å². The van der Waals surface area contributed by atoms with Crippen molar-refractivity contribution in [3.8, 4) is 11.5 Å². The van der Waals surface area contributed by atoms with E-state index in [0.717, 1.165) is 18.5 Å². The third kappa shape index (κ3) is 3.48. The number of methoxy groups -OCH3 is 2. The van der Waals surface area contributed by atoms with Gasteiger partial charge in [-0.05, 0) is 54.3 Å². The van der Waals surface area contributed by atoms with Crippen molar-refractivity contribution in [3.05, 3.63) is 58.1 Å². The van der Waals surface area contributed by atoms with Crippen molar-refractivity contribution in [2.45, 2.75) is 25.4 Å². The lowest BCUT2D eigenvalue weighted by atomic mass is 9.92. The Hall–Kier alpha value is -2.77. The predicted octanol–water partition coefficient (Wildman–Crippen LogP) is 3.14. The third-order valence-electron chi connectivity index (χ3n) is 5.84. The van der Waals surface area contributed by atoms with Gasteiger partial charge in [0.15, 0.2) is 11.5 Å². The van der Waals surface area contributed by atoms with Gasteiger partial charge in [-0.25, -0.2) is 9.69 Å². The van der Waals surface area contributed by atoms with Gasteiger partial charge in [0.25, 0.3) is 5.91 Å². The number of fused-ring (bicyclic) bond motifs is 1. The second-order valence-corrected chi connectivity index (χ2v) is 8.15. The molecule has 0 aromatic heterocycles. The number of halogens is 1. The fourth-order valence-electron chi connectivity index (χ4n) is 4.07. The molecule has 0 spiro atoms. The molecule has 0 bridgehead atoms. The van der Waals surface area contributed by atoms with Crippen LogP contribution in [0.25, 0.3) is 0 Å². The van der Waals surface area contributed by atoms with Gasteiger partial charge in [-0.1, -0.05) is 23.7 Å². The highest BCUT2D eigenvalue weighted by Crippen LogP contribution is 2.34. The van der Waals surface area contributed by atoms with E-state index in [2.05, 4.69) is 10.2 Å². The molecule has 2 aromatic carbocycles. The average molecular weight is 430 g/mol. The summed E-state index contributed by atoms with van der Waals surface area (Å²) in [5.41, 5.74) is 1.89. The van der Waals surface area contributed by atoms with E-state index in [1.54, 1.807) is 45.4 Å². The highest BCUT2D eigenvalue weighted by molar-refractivity contribution is 6.30. The lowest BCUT2D eigenvalue weighted by molar-refractivity contribution is -0.132. The smallest absolute Gasteiger partial charge is 0.326 e. The minimum atomic E-state index is -1.11. The average Bonchev–Trinajstić information content (AvgIpc) is 2.96. The van der Waals surface area contributed by atoms with Crippen LogP contribution in [-0.2, 0) is 23.3 Å². The number of hydrogen-bond donors (Lipinski definition) is 1. The molecule has 0 unspecified atom stereocenters. The molecule has 30 heavy (non-hydrogen) atoms. The Bertz CT molecular complexity index is 995. The number of benzene rings is 2. The number of rotatable bonds is 5. The zero-order valence-electron chi connectivity index (χ0n) is 17.2. The van der Waals surface area contributed by atoms with Gasteiger partial charge >= 0.3 is 6.03 Å². The number of carbonyl (C=O) groups excluding carboxylic acids is 2. The van der Waals surface area contributed by atoms with Crippen LogP contribution >= 0.6 is 11.6 Å². The quantitative estimate of drug-likeness (QED) is 0.739. The monoisotopic (exact) mass is 429 g/mol. The minimum Gasteiger partial charge on any atom is -0.493 e. The highest BCUT2D eigenvalue weighted by atomic mass is 35.5. The molecule has 158 valence electrons. The van der Waals surface area contributed by atoms with Crippen molar-refractivity contribution in [2.75, 3.05) is 27.4 Å². The predicted molar refractivity (Wildman–Crippen MR) is 113 cm³/mol. The van der Waals surface area contributed by atoms with Crippen molar-refractivity contribution < 1.29 is 19.1 Å². The number of urea groups is 1. The summed E-state index contributed by atoms with van der Waals surface area (Å²) in [5.74, 6) is 1.11. The summed E-state index contributed by atoms with van der Waals surface area (Å²) in [5, 5.41) is 3.42. The molecule has 2 aliphatic heterocycles. The molecule has 1 fully saturated rings. The van der Waals surface area contributed by atoms with Crippen LogP contribution in [-0.4, -0.2) is 49.2 Å². The second kappa shape index (κ2) is 7.81. The highest BCUT2D eigenvalue weighted by Gasteiger charge is 2.49. The van der Waals surface area contributed by atoms with Gasteiger partial charge in [0.2, 0.25) is 0 Å². The summed E-state index contributed by atoms with van der Waals surface area (Å²) >= 11 is 5.96. The molecule has 2 aliphatic rings. The summed E-state index contributed by atoms with van der Waals surface area (Å²) in [7, 11) is 3.23. The third-order valence-corrected chi connectivity index (χ3v) is 6.09. The number of carbonyl (C=O) groups is 2.